The van der Waals surface area contributed by atoms with Gasteiger partial charge in [-0.15, -0.1) is 11.3 Å². The Hall–Kier alpha value is -2.87. The molecule has 8 heteroatoms. The molecule has 1 amide bonds. The summed E-state index contributed by atoms with van der Waals surface area (Å²) in [4.78, 5) is 36.8. The van der Waals surface area contributed by atoms with Gasteiger partial charge in [0.15, 0.2) is 6.61 Å². The van der Waals surface area contributed by atoms with Gasteiger partial charge in [-0.1, -0.05) is 19.9 Å². The summed E-state index contributed by atoms with van der Waals surface area (Å²) in [5, 5.41) is 4.88. The predicted molar refractivity (Wildman–Crippen MR) is 111 cm³/mol. The summed E-state index contributed by atoms with van der Waals surface area (Å²) in [6.07, 6.45) is 0.686. The number of methoxy groups -OCH3 is 1. The van der Waals surface area contributed by atoms with Crippen molar-refractivity contribution in [2.45, 2.75) is 27.2 Å². The van der Waals surface area contributed by atoms with Crippen LogP contribution in [0.1, 0.15) is 47.1 Å². The first kappa shape index (κ1) is 22.4. The van der Waals surface area contributed by atoms with Crippen LogP contribution in [-0.2, 0) is 20.7 Å². The van der Waals surface area contributed by atoms with Crippen LogP contribution >= 0.6 is 11.3 Å². The zero-order valence-corrected chi connectivity index (χ0v) is 17.8. The van der Waals surface area contributed by atoms with Gasteiger partial charge in [0.05, 0.1) is 24.8 Å². The number of thiophene rings is 1. The van der Waals surface area contributed by atoms with E-state index in [4.69, 9.17) is 14.2 Å². The summed E-state index contributed by atoms with van der Waals surface area (Å²) in [6, 6.07) is 6.45. The number of amides is 1. The molecule has 0 aliphatic rings. The average molecular weight is 419 g/mol. The lowest BCUT2D eigenvalue weighted by Gasteiger charge is -2.10. The Labute approximate surface area is 174 Å². The van der Waals surface area contributed by atoms with Gasteiger partial charge in [-0.2, -0.15) is 0 Å². The lowest BCUT2D eigenvalue weighted by Crippen LogP contribution is -2.22. The van der Waals surface area contributed by atoms with E-state index in [0.29, 0.717) is 28.7 Å². The summed E-state index contributed by atoms with van der Waals surface area (Å²) in [6.45, 7) is 5.57. The van der Waals surface area contributed by atoms with Gasteiger partial charge >= 0.3 is 11.9 Å². The molecule has 0 saturated heterocycles. The molecule has 7 nitrogen and oxygen atoms in total. The number of esters is 2. The van der Waals surface area contributed by atoms with Crippen LogP contribution in [0.3, 0.4) is 0 Å². The highest BCUT2D eigenvalue weighted by Crippen LogP contribution is 2.31. The Morgan fingerprint density at radius 2 is 1.90 bits per heavy atom. The van der Waals surface area contributed by atoms with Crippen LogP contribution in [0.2, 0.25) is 0 Å². The third-order valence-electron chi connectivity index (χ3n) is 3.87. The fourth-order valence-electron chi connectivity index (χ4n) is 2.63. The molecule has 0 fully saturated rings. The molecule has 2 aromatic rings. The van der Waals surface area contributed by atoms with Crippen LogP contribution in [0.4, 0.5) is 5.00 Å². The third kappa shape index (κ3) is 6.32. The van der Waals surface area contributed by atoms with Crippen LogP contribution in [0.25, 0.3) is 0 Å². The van der Waals surface area contributed by atoms with Crippen LogP contribution in [0, 0.1) is 5.92 Å². The van der Waals surface area contributed by atoms with E-state index in [9.17, 15) is 14.4 Å². The fraction of sp³-hybridized carbons (Fsp3) is 0.381. The van der Waals surface area contributed by atoms with Crippen LogP contribution in [0.15, 0.2) is 29.6 Å². The number of anilines is 1. The molecule has 156 valence electrons. The molecule has 1 aromatic carbocycles. The van der Waals surface area contributed by atoms with Crippen LogP contribution in [-0.4, -0.2) is 38.2 Å². The number of nitrogens with one attached hydrogen (secondary N) is 1. The summed E-state index contributed by atoms with van der Waals surface area (Å²) < 4.78 is 15.3. The first-order valence-corrected chi connectivity index (χ1v) is 10.1. The summed E-state index contributed by atoms with van der Waals surface area (Å²) in [7, 11) is 1.49. The van der Waals surface area contributed by atoms with Crippen molar-refractivity contribution in [2.75, 3.05) is 25.6 Å². The monoisotopic (exact) mass is 419 g/mol. The van der Waals surface area contributed by atoms with Gasteiger partial charge in [-0.25, -0.2) is 9.59 Å². The van der Waals surface area contributed by atoms with Crippen molar-refractivity contribution in [3.8, 4) is 5.75 Å². The smallest absolute Gasteiger partial charge is 0.341 e. The van der Waals surface area contributed by atoms with E-state index in [-0.39, 0.29) is 12.2 Å². The van der Waals surface area contributed by atoms with Gasteiger partial charge in [0.25, 0.3) is 5.91 Å². The maximum Gasteiger partial charge on any atom is 0.341 e. The maximum absolute atomic E-state index is 12.4. The molecule has 0 bridgehead atoms. The lowest BCUT2D eigenvalue weighted by molar-refractivity contribution is -0.119. The molecule has 0 aliphatic carbocycles. The van der Waals surface area contributed by atoms with E-state index < -0.39 is 24.5 Å². The van der Waals surface area contributed by atoms with Crippen molar-refractivity contribution in [2.24, 2.45) is 5.92 Å². The Balaban J connectivity index is 2.05. The number of hydrogen-bond acceptors (Lipinski definition) is 7. The number of carbonyl (C=O) groups is 3. The van der Waals surface area contributed by atoms with Crippen molar-refractivity contribution in [3.63, 3.8) is 0 Å². The first-order valence-electron chi connectivity index (χ1n) is 9.24. The Morgan fingerprint density at radius 1 is 1.14 bits per heavy atom. The fourth-order valence-corrected chi connectivity index (χ4v) is 3.61. The van der Waals surface area contributed by atoms with Crippen LogP contribution in [0.5, 0.6) is 5.75 Å². The first-order chi connectivity index (χ1) is 13.8. The second kappa shape index (κ2) is 10.6. The number of carbonyl (C=O) groups excluding carboxylic acids is 3. The van der Waals surface area contributed by atoms with Crippen LogP contribution < -0.4 is 10.1 Å². The molecular formula is C21H25NO6S. The third-order valence-corrected chi connectivity index (χ3v) is 4.81. The second-order valence-electron chi connectivity index (χ2n) is 6.64. The molecule has 0 unspecified atom stereocenters. The zero-order valence-electron chi connectivity index (χ0n) is 16.9. The van der Waals surface area contributed by atoms with Gasteiger partial charge in [-0.3, -0.25) is 4.79 Å². The van der Waals surface area contributed by atoms with Crippen molar-refractivity contribution >= 4 is 34.2 Å². The number of ether oxygens (including phenoxy) is 3. The molecule has 0 radical (unpaired) electrons. The SMILES string of the molecule is CCOC(=O)c1c(CC(C)C)csc1NC(=O)COC(=O)c1cccc(OC)c1. The molecular weight excluding hydrogens is 394 g/mol. The van der Waals surface area contributed by atoms with Crippen molar-refractivity contribution in [1.29, 1.82) is 0 Å². The number of benzene rings is 1. The minimum atomic E-state index is -0.642. The number of hydrogen-bond donors (Lipinski definition) is 1. The Morgan fingerprint density at radius 3 is 2.55 bits per heavy atom. The van der Waals surface area contributed by atoms with E-state index >= 15 is 0 Å². The lowest BCUT2D eigenvalue weighted by atomic mass is 10.0. The standard InChI is InChI=1S/C21H25NO6S/c1-5-27-21(25)18-15(9-13(2)3)12-29-19(18)22-17(23)11-28-20(24)14-7-6-8-16(10-14)26-4/h6-8,10,12-13H,5,9,11H2,1-4H3,(H,22,23). The van der Waals surface area contributed by atoms with Gasteiger partial charge in [-0.05, 0) is 48.4 Å². The largest absolute Gasteiger partial charge is 0.497 e. The summed E-state index contributed by atoms with van der Waals surface area (Å²) in [5.74, 6) is -0.807. The normalized spacial score (nSPS) is 10.5. The van der Waals surface area contributed by atoms with E-state index in [1.165, 1.54) is 24.5 Å². The van der Waals surface area contributed by atoms with Crippen molar-refractivity contribution in [3.05, 3.63) is 46.3 Å². The maximum atomic E-state index is 12.4. The topological polar surface area (TPSA) is 90.9 Å². The zero-order chi connectivity index (χ0) is 21.4. The highest BCUT2D eigenvalue weighted by atomic mass is 32.1. The Kier molecular flexibility index (Phi) is 8.21. The molecule has 29 heavy (non-hydrogen) atoms. The number of rotatable bonds is 9. The highest BCUT2D eigenvalue weighted by Gasteiger charge is 2.22. The van der Waals surface area contributed by atoms with E-state index in [0.717, 1.165) is 5.56 Å². The second-order valence-corrected chi connectivity index (χ2v) is 7.52. The van der Waals surface area contributed by atoms with Gasteiger partial charge in [0.1, 0.15) is 10.8 Å². The molecule has 0 aliphatic heterocycles. The molecule has 1 aromatic heterocycles. The Bertz CT molecular complexity index is 874. The summed E-state index contributed by atoms with van der Waals surface area (Å²) in [5.41, 5.74) is 1.46. The minimum absolute atomic E-state index is 0.237. The average Bonchev–Trinajstić information content (AvgIpc) is 3.07. The highest BCUT2D eigenvalue weighted by molar-refractivity contribution is 7.15. The van der Waals surface area contributed by atoms with Gasteiger partial charge in [0.2, 0.25) is 0 Å². The van der Waals surface area contributed by atoms with E-state index in [1.807, 2.05) is 19.2 Å². The molecule has 1 heterocycles. The minimum Gasteiger partial charge on any atom is -0.497 e. The predicted octanol–water partition coefficient (Wildman–Crippen LogP) is 3.93. The molecule has 2 rings (SSSR count). The van der Waals surface area contributed by atoms with Gasteiger partial charge in [0, 0.05) is 0 Å². The van der Waals surface area contributed by atoms with E-state index in [2.05, 4.69) is 5.32 Å². The molecule has 0 saturated carbocycles. The summed E-state index contributed by atoms with van der Waals surface area (Å²) >= 11 is 1.25. The molecule has 0 spiro atoms. The molecule has 0 atom stereocenters. The van der Waals surface area contributed by atoms with Gasteiger partial charge < -0.3 is 19.5 Å². The molecule has 1 N–H and O–H groups in total. The van der Waals surface area contributed by atoms with Crippen molar-refractivity contribution < 1.29 is 28.6 Å². The van der Waals surface area contributed by atoms with E-state index in [1.54, 1.807) is 25.1 Å². The quantitative estimate of drug-likeness (QED) is 0.620. The van der Waals surface area contributed by atoms with Crippen molar-refractivity contribution in [1.82, 2.24) is 0 Å².